The quantitative estimate of drug-likeness (QED) is 0.470. The summed E-state index contributed by atoms with van der Waals surface area (Å²) in [6.45, 7) is 10.7. The van der Waals surface area contributed by atoms with Crippen LogP contribution in [0, 0.1) is 0 Å². The van der Waals surface area contributed by atoms with E-state index in [1.165, 1.54) is 11.1 Å². The fourth-order valence-corrected chi connectivity index (χ4v) is 4.35. The molecule has 1 fully saturated rings. The van der Waals surface area contributed by atoms with E-state index in [-0.39, 0.29) is 17.5 Å². The smallest absolute Gasteiger partial charge is 0.315 e. The third kappa shape index (κ3) is 7.82. The SMILES string of the molecule is CC(C)(C)c1ccc(OCCCNC(=O)NC2CCN(Cc3ccccc3)CC2)c(Br)c1. The van der Waals surface area contributed by atoms with Crippen LogP contribution in [0.3, 0.4) is 0 Å². The highest BCUT2D eigenvalue weighted by Gasteiger charge is 2.20. The maximum absolute atomic E-state index is 12.2. The van der Waals surface area contributed by atoms with Crippen LogP contribution in [0.15, 0.2) is 53.0 Å². The lowest BCUT2D eigenvalue weighted by molar-refractivity contribution is 0.186. The molecular formula is C26H36BrN3O2. The highest BCUT2D eigenvalue weighted by molar-refractivity contribution is 9.10. The highest BCUT2D eigenvalue weighted by Crippen LogP contribution is 2.31. The molecule has 0 aliphatic carbocycles. The molecule has 6 heteroatoms. The lowest BCUT2D eigenvalue weighted by atomic mass is 9.87. The summed E-state index contributed by atoms with van der Waals surface area (Å²) < 4.78 is 6.84. The molecule has 1 saturated heterocycles. The molecule has 0 spiro atoms. The molecule has 1 aliphatic heterocycles. The van der Waals surface area contributed by atoms with E-state index in [9.17, 15) is 4.79 Å². The Morgan fingerprint density at radius 1 is 1.12 bits per heavy atom. The van der Waals surface area contributed by atoms with Crippen LogP contribution in [-0.2, 0) is 12.0 Å². The number of rotatable bonds is 8. The minimum atomic E-state index is -0.0813. The molecule has 0 radical (unpaired) electrons. The van der Waals surface area contributed by atoms with Crippen molar-refractivity contribution in [3.63, 3.8) is 0 Å². The van der Waals surface area contributed by atoms with E-state index in [2.05, 4.69) is 88.6 Å². The van der Waals surface area contributed by atoms with Gasteiger partial charge in [-0.25, -0.2) is 4.79 Å². The summed E-state index contributed by atoms with van der Waals surface area (Å²) in [4.78, 5) is 14.7. The molecule has 32 heavy (non-hydrogen) atoms. The van der Waals surface area contributed by atoms with Crippen LogP contribution in [0.25, 0.3) is 0 Å². The summed E-state index contributed by atoms with van der Waals surface area (Å²) in [6.07, 6.45) is 2.74. The molecule has 3 rings (SSSR count). The summed E-state index contributed by atoms with van der Waals surface area (Å²) in [5.41, 5.74) is 2.72. The topological polar surface area (TPSA) is 53.6 Å². The van der Waals surface area contributed by atoms with E-state index in [1.807, 2.05) is 12.1 Å². The maximum atomic E-state index is 12.2. The van der Waals surface area contributed by atoms with Gasteiger partial charge in [-0.1, -0.05) is 57.2 Å². The lowest BCUT2D eigenvalue weighted by Crippen LogP contribution is -2.47. The zero-order valence-corrected chi connectivity index (χ0v) is 21.1. The molecule has 0 atom stereocenters. The molecule has 2 aromatic rings. The molecule has 2 aromatic carbocycles. The van der Waals surface area contributed by atoms with Crippen LogP contribution in [0.2, 0.25) is 0 Å². The van der Waals surface area contributed by atoms with Crippen molar-refractivity contribution >= 4 is 22.0 Å². The maximum Gasteiger partial charge on any atom is 0.315 e. The number of urea groups is 1. The van der Waals surface area contributed by atoms with E-state index in [0.29, 0.717) is 13.2 Å². The first-order valence-electron chi connectivity index (χ1n) is 11.5. The third-order valence-electron chi connectivity index (χ3n) is 5.83. The number of carbonyl (C=O) groups is 1. The molecule has 0 unspecified atom stereocenters. The third-order valence-corrected chi connectivity index (χ3v) is 6.45. The van der Waals surface area contributed by atoms with Crippen LogP contribution >= 0.6 is 15.9 Å². The van der Waals surface area contributed by atoms with Gasteiger partial charge in [-0.05, 0) is 63.9 Å². The Kier molecular flexibility index (Phi) is 9.00. The van der Waals surface area contributed by atoms with Crippen molar-refractivity contribution in [2.24, 2.45) is 0 Å². The first-order chi connectivity index (χ1) is 15.3. The van der Waals surface area contributed by atoms with Crippen molar-refractivity contribution in [1.29, 1.82) is 0 Å². The predicted molar refractivity (Wildman–Crippen MR) is 134 cm³/mol. The van der Waals surface area contributed by atoms with Gasteiger partial charge in [0.15, 0.2) is 0 Å². The van der Waals surface area contributed by atoms with E-state index < -0.39 is 0 Å². The molecule has 5 nitrogen and oxygen atoms in total. The Morgan fingerprint density at radius 2 is 1.84 bits per heavy atom. The fraction of sp³-hybridized carbons (Fsp3) is 0.500. The van der Waals surface area contributed by atoms with E-state index in [4.69, 9.17) is 4.74 Å². The highest BCUT2D eigenvalue weighted by atomic mass is 79.9. The predicted octanol–water partition coefficient (Wildman–Crippen LogP) is 5.48. The number of ether oxygens (including phenoxy) is 1. The standard InChI is InChI=1S/C26H36BrN3O2/c1-26(2,3)21-10-11-24(23(27)18-21)32-17-7-14-28-25(31)29-22-12-15-30(16-13-22)19-20-8-5-4-6-9-20/h4-6,8-11,18,22H,7,12-17,19H2,1-3H3,(H2,28,29,31). The van der Waals surface area contributed by atoms with E-state index in [1.54, 1.807) is 0 Å². The van der Waals surface area contributed by atoms with E-state index >= 15 is 0 Å². The number of nitrogens with zero attached hydrogens (tertiary/aromatic N) is 1. The molecule has 1 aliphatic rings. The summed E-state index contributed by atoms with van der Waals surface area (Å²) in [7, 11) is 0. The number of benzene rings is 2. The molecule has 1 heterocycles. The van der Waals surface area contributed by atoms with Gasteiger partial charge in [0.1, 0.15) is 5.75 Å². The van der Waals surface area contributed by atoms with Crippen LogP contribution in [0.1, 0.15) is 51.2 Å². The van der Waals surface area contributed by atoms with Crippen LogP contribution < -0.4 is 15.4 Å². The number of carbonyl (C=O) groups excluding carboxylic acids is 1. The van der Waals surface area contributed by atoms with Gasteiger partial charge < -0.3 is 15.4 Å². The van der Waals surface area contributed by atoms with Gasteiger partial charge in [0.25, 0.3) is 0 Å². The van der Waals surface area contributed by atoms with Gasteiger partial charge in [0.05, 0.1) is 11.1 Å². The van der Waals surface area contributed by atoms with Crippen LogP contribution in [-0.4, -0.2) is 43.2 Å². The second-order valence-electron chi connectivity index (χ2n) is 9.53. The summed E-state index contributed by atoms with van der Waals surface area (Å²) in [5, 5.41) is 6.07. The van der Waals surface area contributed by atoms with Crippen molar-refractivity contribution in [1.82, 2.24) is 15.5 Å². The minimum Gasteiger partial charge on any atom is -0.492 e. The number of hydrogen-bond donors (Lipinski definition) is 2. The molecule has 0 bridgehead atoms. The molecule has 0 aromatic heterocycles. The molecule has 2 amide bonds. The first-order valence-corrected chi connectivity index (χ1v) is 12.3. The number of hydrogen-bond acceptors (Lipinski definition) is 3. The Hall–Kier alpha value is -2.05. The zero-order valence-electron chi connectivity index (χ0n) is 19.5. The number of halogens is 1. The van der Waals surface area contributed by atoms with Gasteiger partial charge >= 0.3 is 6.03 Å². The average molecular weight is 502 g/mol. The molecular weight excluding hydrogens is 466 g/mol. The van der Waals surface area contributed by atoms with Gasteiger partial charge in [0, 0.05) is 32.2 Å². The summed E-state index contributed by atoms with van der Waals surface area (Å²) >= 11 is 3.60. The van der Waals surface area contributed by atoms with Crippen molar-refractivity contribution in [2.45, 2.75) is 58.0 Å². The van der Waals surface area contributed by atoms with Crippen molar-refractivity contribution in [3.05, 3.63) is 64.1 Å². The van der Waals surface area contributed by atoms with Crippen molar-refractivity contribution < 1.29 is 9.53 Å². The van der Waals surface area contributed by atoms with Gasteiger partial charge in [-0.15, -0.1) is 0 Å². The normalized spacial score (nSPS) is 15.4. The Morgan fingerprint density at radius 3 is 2.50 bits per heavy atom. The Bertz CT molecular complexity index is 859. The molecule has 2 N–H and O–H groups in total. The minimum absolute atomic E-state index is 0.0813. The fourth-order valence-electron chi connectivity index (χ4n) is 3.85. The van der Waals surface area contributed by atoms with Crippen LogP contribution in [0.4, 0.5) is 4.79 Å². The van der Waals surface area contributed by atoms with Gasteiger partial charge in [0.2, 0.25) is 0 Å². The largest absolute Gasteiger partial charge is 0.492 e. The number of likely N-dealkylation sites (tertiary alicyclic amines) is 1. The monoisotopic (exact) mass is 501 g/mol. The zero-order chi connectivity index (χ0) is 23.0. The van der Waals surface area contributed by atoms with Crippen molar-refractivity contribution in [2.75, 3.05) is 26.2 Å². The van der Waals surface area contributed by atoms with Crippen LogP contribution in [0.5, 0.6) is 5.75 Å². The second kappa shape index (κ2) is 11.7. The number of nitrogens with one attached hydrogen (secondary N) is 2. The Labute approximate surface area is 201 Å². The molecule has 174 valence electrons. The lowest BCUT2D eigenvalue weighted by Gasteiger charge is -2.32. The number of amides is 2. The molecule has 0 saturated carbocycles. The summed E-state index contributed by atoms with van der Waals surface area (Å²) in [6, 6.07) is 17.0. The van der Waals surface area contributed by atoms with Crippen molar-refractivity contribution in [3.8, 4) is 5.75 Å². The van der Waals surface area contributed by atoms with Gasteiger partial charge in [-0.3, -0.25) is 4.90 Å². The summed E-state index contributed by atoms with van der Waals surface area (Å²) in [5.74, 6) is 0.838. The van der Waals surface area contributed by atoms with E-state index in [0.717, 1.165) is 49.1 Å². The average Bonchev–Trinajstić information content (AvgIpc) is 2.76. The Balaban J connectivity index is 1.28. The second-order valence-corrected chi connectivity index (χ2v) is 10.4. The van der Waals surface area contributed by atoms with Gasteiger partial charge in [-0.2, -0.15) is 0 Å². The number of piperidine rings is 1. The first kappa shape index (κ1) is 24.6.